The normalized spacial score (nSPS) is 12.6. The molecule has 0 spiro atoms. The Labute approximate surface area is 81.2 Å². The topological polar surface area (TPSA) is 30.2 Å². The molecule has 0 radical (unpaired) electrons. The van der Waals surface area contributed by atoms with E-state index in [9.17, 15) is 13.2 Å². The van der Waals surface area contributed by atoms with Crippen LogP contribution in [0, 0.1) is 0 Å². The van der Waals surface area contributed by atoms with E-state index in [0.717, 1.165) is 11.2 Å². The highest BCUT2D eigenvalue weighted by Gasteiger charge is 2.34. The average molecular weight is 221 g/mol. The number of nitrogens with zero attached hydrogens (tertiary/aromatic N) is 3. The van der Waals surface area contributed by atoms with E-state index in [1.165, 1.54) is 15.9 Å². The summed E-state index contributed by atoms with van der Waals surface area (Å²) in [6, 6.07) is 0. The third-order valence-corrected chi connectivity index (χ3v) is 2.74. The van der Waals surface area contributed by atoms with E-state index in [4.69, 9.17) is 0 Å². The largest absolute Gasteiger partial charge is 0.435 e. The maximum atomic E-state index is 12.2. The molecule has 2 aromatic heterocycles. The van der Waals surface area contributed by atoms with Crippen molar-refractivity contribution in [1.82, 2.24) is 14.6 Å². The summed E-state index contributed by atoms with van der Waals surface area (Å²) in [5, 5.41) is 4.72. The zero-order chi connectivity index (χ0) is 10.3. The van der Waals surface area contributed by atoms with E-state index in [1.54, 1.807) is 0 Å². The maximum absolute atomic E-state index is 12.2. The summed E-state index contributed by atoms with van der Waals surface area (Å²) in [5.41, 5.74) is -0.890. The molecular weight excluding hydrogens is 215 g/mol. The van der Waals surface area contributed by atoms with Crippen molar-refractivity contribution in [3.8, 4) is 0 Å². The molecule has 0 aliphatic carbocycles. The highest BCUT2D eigenvalue weighted by atomic mass is 32.1. The number of imidazole rings is 1. The van der Waals surface area contributed by atoms with Gasteiger partial charge in [0.05, 0.1) is 6.20 Å². The number of aryl methyl sites for hydroxylation is 1. The third-order valence-electron chi connectivity index (χ3n) is 1.68. The van der Waals surface area contributed by atoms with Gasteiger partial charge < -0.3 is 0 Å². The van der Waals surface area contributed by atoms with Crippen LogP contribution in [0.1, 0.15) is 17.6 Å². The van der Waals surface area contributed by atoms with Crippen molar-refractivity contribution >= 4 is 16.3 Å². The Balaban J connectivity index is 2.49. The van der Waals surface area contributed by atoms with Gasteiger partial charge in [0.1, 0.15) is 5.01 Å². The Morgan fingerprint density at radius 3 is 2.71 bits per heavy atom. The van der Waals surface area contributed by atoms with Gasteiger partial charge in [-0.1, -0.05) is 18.3 Å². The molecule has 2 aromatic rings. The molecule has 0 bridgehead atoms. The summed E-state index contributed by atoms with van der Waals surface area (Å²) in [6.07, 6.45) is -2.78. The van der Waals surface area contributed by atoms with Crippen molar-refractivity contribution in [2.45, 2.75) is 19.5 Å². The monoisotopic (exact) mass is 221 g/mol. The second-order valence-electron chi connectivity index (χ2n) is 2.70. The number of rotatable bonds is 1. The lowest BCUT2D eigenvalue weighted by Crippen LogP contribution is -2.04. The van der Waals surface area contributed by atoms with E-state index >= 15 is 0 Å². The fourth-order valence-electron chi connectivity index (χ4n) is 1.02. The molecule has 3 nitrogen and oxygen atoms in total. The van der Waals surface area contributed by atoms with E-state index in [2.05, 4.69) is 10.1 Å². The lowest BCUT2D eigenvalue weighted by atomic mass is 10.5. The first kappa shape index (κ1) is 9.45. The van der Waals surface area contributed by atoms with Gasteiger partial charge in [-0.25, -0.2) is 9.50 Å². The van der Waals surface area contributed by atoms with Crippen LogP contribution < -0.4 is 0 Å². The first-order chi connectivity index (χ1) is 6.50. The first-order valence-electron chi connectivity index (χ1n) is 3.93. The van der Waals surface area contributed by atoms with Crippen molar-refractivity contribution < 1.29 is 13.2 Å². The van der Waals surface area contributed by atoms with Gasteiger partial charge in [0, 0.05) is 0 Å². The van der Waals surface area contributed by atoms with Crippen LogP contribution in [0.4, 0.5) is 13.2 Å². The Morgan fingerprint density at radius 2 is 2.21 bits per heavy atom. The molecule has 0 fully saturated rings. The highest BCUT2D eigenvalue weighted by molar-refractivity contribution is 7.16. The molecule has 0 amide bonds. The van der Waals surface area contributed by atoms with Gasteiger partial charge in [-0.05, 0) is 6.42 Å². The van der Waals surface area contributed by atoms with E-state index in [1.807, 2.05) is 6.92 Å². The van der Waals surface area contributed by atoms with Crippen LogP contribution in [0.25, 0.3) is 4.96 Å². The molecule has 0 aliphatic rings. The van der Waals surface area contributed by atoms with Crippen LogP contribution in [0.15, 0.2) is 6.20 Å². The highest BCUT2D eigenvalue weighted by Crippen LogP contribution is 2.29. The predicted molar refractivity (Wildman–Crippen MR) is 45.2 cm³/mol. The summed E-state index contributed by atoms with van der Waals surface area (Å²) in [5.74, 6) is 0. The molecule has 0 atom stereocenters. The minimum atomic E-state index is -4.39. The Bertz CT molecular complexity index is 425. The van der Waals surface area contributed by atoms with Gasteiger partial charge >= 0.3 is 6.18 Å². The molecule has 2 heterocycles. The lowest BCUT2D eigenvalue weighted by Gasteiger charge is -1.98. The second-order valence-corrected chi connectivity index (χ2v) is 3.74. The smallest absolute Gasteiger partial charge is 0.213 e. The molecule has 0 aromatic carbocycles. The summed E-state index contributed by atoms with van der Waals surface area (Å²) in [4.78, 5) is 3.73. The van der Waals surface area contributed by atoms with E-state index < -0.39 is 11.9 Å². The Morgan fingerprint density at radius 1 is 1.50 bits per heavy atom. The standard InChI is InChI=1S/C7H6F3N3S/c1-2-5-12-13-3-4(7(8,9)10)11-6(13)14-5/h3H,2H2,1H3. The quantitative estimate of drug-likeness (QED) is 0.740. The number of fused-ring (bicyclic) bond motifs is 1. The van der Waals surface area contributed by atoms with Crippen molar-refractivity contribution in [3.63, 3.8) is 0 Å². The van der Waals surface area contributed by atoms with Crippen LogP contribution in [-0.4, -0.2) is 14.6 Å². The molecule has 0 unspecified atom stereocenters. The van der Waals surface area contributed by atoms with Gasteiger partial charge in [0.2, 0.25) is 4.96 Å². The number of alkyl halides is 3. The van der Waals surface area contributed by atoms with Gasteiger partial charge in [-0.15, -0.1) is 0 Å². The molecule has 14 heavy (non-hydrogen) atoms. The molecule has 2 rings (SSSR count). The molecule has 76 valence electrons. The summed E-state index contributed by atoms with van der Waals surface area (Å²) < 4.78 is 37.7. The van der Waals surface area contributed by atoms with Crippen LogP contribution in [0.5, 0.6) is 0 Å². The summed E-state index contributed by atoms with van der Waals surface area (Å²) >= 11 is 1.17. The van der Waals surface area contributed by atoms with Gasteiger partial charge in [-0.2, -0.15) is 18.3 Å². The van der Waals surface area contributed by atoms with Crippen molar-refractivity contribution in [2.24, 2.45) is 0 Å². The van der Waals surface area contributed by atoms with Crippen LogP contribution in [0.3, 0.4) is 0 Å². The minimum absolute atomic E-state index is 0.286. The zero-order valence-corrected chi connectivity index (χ0v) is 7.98. The molecule has 0 saturated heterocycles. The van der Waals surface area contributed by atoms with E-state index in [0.29, 0.717) is 6.42 Å². The van der Waals surface area contributed by atoms with Crippen LogP contribution in [0.2, 0.25) is 0 Å². The molecule has 0 N–H and O–H groups in total. The SMILES string of the molecule is CCc1nn2cc(C(F)(F)F)nc2s1. The van der Waals surface area contributed by atoms with Gasteiger partial charge in [-0.3, -0.25) is 0 Å². The van der Waals surface area contributed by atoms with Crippen LogP contribution >= 0.6 is 11.3 Å². The summed E-state index contributed by atoms with van der Waals surface area (Å²) in [7, 11) is 0. The van der Waals surface area contributed by atoms with Crippen molar-refractivity contribution in [1.29, 1.82) is 0 Å². The number of halogens is 3. The van der Waals surface area contributed by atoms with Gasteiger partial charge in [0.15, 0.2) is 5.69 Å². The first-order valence-corrected chi connectivity index (χ1v) is 4.74. The average Bonchev–Trinajstić information content (AvgIpc) is 2.56. The zero-order valence-electron chi connectivity index (χ0n) is 7.17. The molecule has 7 heteroatoms. The number of aromatic nitrogens is 3. The summed E-state index contributed by atoms with van der Waals surface area (Å²) in [6.45, 7) is 1.89. The fourth-order valence-corrected chi connectivity index (χ4v) is 1.84. The second kappa shape index (κ2) is 2.94. The van der Waals surface area contributed by atoms with Gasteiger partial charge in [0.25, 0.3) is 0 Å². The van der Waals surface area contributed by atoms with Crippen molar-refractivity contribution in [2.75, 3.05) is 0 Å². The minimum Gasteiger partial charge on any atom is -0.213 e. The van der Waals surface area contributed by atoms with E-state index in [-0.39, 0.29) is 4.96 Å². The molecule has 0 aliphatic heterocycles. The Kier molecular flexibility index (Phi) is 1.99. The number of hydrogen-bond donors (Lipinski definition) is 0. The third kappa shape index (κ3) is 1.47. The molecular formula is C7H6F3N3S. The molecule has 0 saturated carbocycles. The van der Waals surface area contributed by atoms with Crippen molar-refractivity contribution in [3.05, 3.63) is 16.9 Å². The predicted octanol–water partition coefficient (Wildman–Crippen LogP) is 2.37. The maximum Gasteiger partial charge on any atom is 0.435 e. The number of hydrogen-bond acceptors (Lipinski definition) is 3. The fraction of sp³-hybridized carbons (Fsp3) is 0.429. The lowest BCUT2D eigenvalue weighted by molar-refractivity contribution is -0.140. The Hall–Kier alpha value is -1.11. The van der Waals surface area contributed by atoms with Crippen LogP contribution in [-0.2, 0) is 12.6 Å².